The van der Waals surface area contributed by atoms with Gasteiger partial charge in [-0.15, -0.1) is 0 Å². The zero-order chi connectivity index (χ0) is 19.5. The molecule has 150 valence electrons. The number of aryl methyl sites for hydroxylation is 2. The van der Waals surface area contributed by atoms with Crippen molar-refractivity contribution in [3.63, 3.8) is 0 Å². The topological polar surface area (TPSA) is 50.2 Å². The fourth-order valence-corrected chi connectivity index (χ4v) is 4.36. The molecule has 1 aromatic carbocycles. The first kappa shape index (κ1) is 19.0. The van der Waals surface area contributed by atoms with Crippen LogP contribution >= 0.6 is 0 Å². The summed E-state index contributed by atoms with van der Waals surface area (Å²) in [5.41, 5.74) is 3.64. The second-order valence-corrected chi connectivity index (χ2v) is 8.59. The highest BCUT2D eigenvalue weighted by Crippen LogP contribution is 2.36. The Hall–Kier alpha value is -2.30. The summed E-state index contributed by atoms with van der Waals surface area (Å²) in [6.45, 7) is 7.50. The summed E-state index contributed by atoms with van der Waals surface area (Å²) in [5.74, 6) is 2.42. The van der Waals surface area contributed by atoms with Gasteiger partial charge in [-0.1, -0.05) is 36.2 Å². The molecule has 2 amide bonds. The summed E-state index contributed by atoms with van der Waals surface area (Å²) in [5, 5.41) is 3.09. The van der Waals surface area contributed by atoms with E-state index < -0.39 is 0 Å². The monoisotopic (exact) mass is 380 g/mol. The van der Waals surface area contributed by atoms with E-state index in [-0.39, 0.29) is 6.03 Å². The molecule has 0 radical (unpaired) electrons. The average Bonchev–Trinajstić information content (AvgIpc) is 3.00. The maximum Gasteiger partial charge on any atom is 0.317 e. The van der Waals surface area contributed by atoms with Crippen LogP contribution in [0.25, 0.3) is 0 Å². The van der Waals surface area contributed by atoms with Crippen molar-refractivity contribution in [1.82, 2.24) is 19.8 Å². The van der Waals surface area contributed by atoms with E-state index in [1.165, 1.54) is 42.8 Å². The van der Waals surface area contributed by atoms with Crippen molar-refractivity contribution in [2.75, 3.05) is 13.1 Å². The number of benzene rings is 1. The normalized spacial score (nSPS) is 20.1. The summed E-state index contributed by atoms with van der Waals surface area (Å²) in [6.07, 6.45) is 8.15. The second kappa shape index (κ2) is 8.38. The van der Waals surface area contributed by atoms with Gasteiger partial charge < -0.3 is 14.8 Å². The summed E-state index contributed by atoms with van der Waals surface area (Å²) in [6, 6.07) is 8.40. The van der Waals surface area contributed by atoms with Crippen LogP contribution in [0.4, 0.5) is 4.79 Å². The number of likely N-dealkylation sites (tertiary alicyclic amines) is 1. The van der Waals surface area contributed by atoms with E-state index in [2.05, 4.69) is 48.0 Å². The SMILES string of the molecule is Cc1ccc(CNC(=O)N2CCCC(Cn3c(C)cnc3C3CCC3)C2)cc1. The van der Waals surface area contributed by atoms with Crippen LogP contribution < -0.4 is 5.32 Å². The van der Waals surface area contributed by atoms with Crippen molar-refractivity contribution >= 4 is 6.03 Å². The number of hydrogen-bond donors (Lipinski definition) is 1. The molecule has 5 heteroatoms. The largest absolute Gasteiger partial charge is 0.334 e. The molecule has 28 heavy (non-hydrogen) atoms. The van der Waals surface area contributed by atoms with Gasteiger partial charge >= 0.3 is 6.03 Å². The minimum Gasteiger partial charge on any atom is -0.334 e. The quantitative estimate of drug-likeness (QED) is 0.836. The van der Waals surface area contributed by atoms with Crippen LogP contribution in [-0.4, -0.2) is 33.6 Å². The van der Waals surface area contributed by atoms with Crippen molar-refractivity contribution in [3.05, 3.63) is 53.1 Å². The van der Waals surface area contributed by atoms with Crippen LogP contribution in [0.3, 0.4) is 0 Å². The molecule has 1 N–H and O–H groups in total. The Kier molecular flexibility index (Phi) is 5.69. The lowest BCUT2D eigenvalue weighted by Gasteiger charge is -2.34. The summed E-state index contributed by atoms with van der Waals surface area (Å²) >= 11 is 0. The molecule has 1 aromatic heterocycles. The molecular weight excluding hydrogens is 348 g/mol. The minimum atomic E-state index is 0.0619. The summed E-state index contributed by atoms with van der Waals surface area (Å²) in [4.78, 5) is 19.4. The Bertz CT molecular complexity index is 807. The van der Waals surface area contributed by atoms with Crippen LogP contribution in [0.2, 0.25) is 0 Å². The van der Waals surface area contributed by atoms with Crippen LogP contribution in [0.15, 0.2) is 30.5 Å². The second-order valence-electron chi connectivity index (χ2n) is 8.59. The highest BCUT2D eigenvalue weighted by atomic mass is 16.2. The molecule has 2 fully saturated rings. The molecule has 2 aliphatic rings. The molecule has 1 aliphatic heterocycles. The maximum absolute atomic E-state index is 12.7. The smallest absolute Gasteiger partial charge is 0.317 e. The zero-order valence-corrected chi connectivity index (χ0v) is 17.2. The van der Waals surface area contributed by atoms with E-state index in [1.54, 1.807) is 0 Å². The molecule has 1 atom stereocenters. The first-order valence-electron chi connectivity index (χ1n) is 10.7. The third kappa shape index (κ3) is 4.23. The Balaban J connectivity index is 1.33. The number of urea groups is 1. The van der Waals surface area contributed by atoms with Crippen molar-refractivity contribution in [3.8, 4) is 0 Å². The number of rotatable bonds is 5. The molecule has 1 unspecified atom stereocenters. The van der Waals surface area contributed by atoms with E-state index in [4.69, 9.17) is 4.98 Å². The highest BCUT2D eigenvalue weighted by Gasteiger charge is 2.28. The van der Waals surface area contributed by atoms with Gasteiger partial charge in [-0.2, -0.15) is 0 Å². The van der Waals surface area contributed by atoms with Gasteiger partial charge in [0.15, 0.2) is 0 Å². The molecule has 1 aliphatic carbocycles. The number of hydrogen-bond acceptors (Lipinski definition) is 2. The molecule has 5 nitrogen and oxygen atoms in total. The maximum atomic E-state index is 12.7. The molecule has 2 heterocycles. The van der Waals surface area contributed by atoms with Crippen LogP contribution in [0.1, 0.15) is 60.7 Å². The van der Waals surface area contributed by atoms with Gasteiger partial charge in [-0.3, -0.25) is 0 Å². The van der Waals surface area contributed by atoms with Crippen molar-refractivity contribution in [1.29, 1.82) is 0 Å². The van der Waals surface area contributed by atoms with Crippen LogP contribution in [0.5, 0.6) is 0 Å². The first-order valence-corrected chi connectivity index (χ1v) is 10.7. The van der Waals surface area contributed by atoms with Crippen LogP contribution in [0, 0.1) is 19.8 Å². The van der Waals surface area contributed by atoms with Gasteiger partial charge in [0, 0.05) is 44.0 Å². The lowest BCUT2D eigenvalue weighted by Crippen LogP contribution is -2.46. The third-order valence-corrected chi connectivity index (χ3v) is 6.37. The lowest BCUT2D eigenvalue weighted by molar-refractivity contribution is 0.158. The van der Waals surface area contributed by atoms with E-state index in [1.807, 2.05) is 11.1 Å². The molecule has 1 saturated carbocycles. The van der Waals surface area contributed by atoms with E-state index >= 15 is 0 Å². The van der Waals surface area contributed by atoms with Gasteiger partial charge in [0.25, 0.3) is 0 Å². The van der Waals surface area contributed by atoms with Crippen molar-refractivity contribution in [2.45, 2.75) is 65.0 Å². The van der Waals surface area contributed by atoms with Crippen molar-refractivity contribution < 1.29 is 4.79 Å². The summed E-state index contributed by atoms with van der Waals surface area (Å²) in [7, 11) is 0. The predicted octanol–water partition coefficient (Wildman–Crippen LogP) is 4.39. The first-order chi connectivity index (χ1) is 13.6. The molecule has 4 rings (SSSR count). The van der Waals surface area contributed by atoms with E-state index in [0.29, 0.717) is 18.4 Å². The highest BCUT2D eigenvalue weighted by molar-refractivity contribution is 5.74. The number of aromatic nitrogens is 2. The van der Waals surface area contributed by atoms with Gasteiger partial charge in [0.1, 0.15) is 5.82 Å². The fraction of sp³-hybridized carbons (Fsp3) is 0.565. The number of carbonyl (C=O) groups is 1. The summed E-state index contributed by atoms with van der Waals surface area (Å²) < 4.78 is 2.42. The number of nitrogens with zero attached hydrogens (tertiary/aromatic N) is 3. The van der Waals surface area contributed by atoms with Crippen molar-refractivity contribution in [2.24, 2.45) is 5.92 Å². The van der Waals surface area contributed by atoms with Gasteiger partial charge in [-0.05, 0) is 51.0 Å². The lowest BCUT2D eigenvalue weighted by atomic mass is 9.84. The zero-order valence-electron chi connectivity index (χ0n) is 17.2. The Morgan fingerprint density at radius 1 is 1.14 bits per heavy atom. The van der Waals surface area contributed by atoms with Gasteiger partial charge in [0.05, 0.1) is 0 Å². The fourth-order valence-electron chi connectivity index (χ4n) is 4.36. The molecule has 1 saturated heterocycles. The van der Waals surface area contributed by atoms with E-state index in [9.17, 15) is 4.79 Å². The number of imidazole rings is 1. The minimum absolute atomic E-state index is 0.0619. The number of piperidine rings is 1. The number of nitrogens with one attached hydrogen (secondary N) is 1. The Morgan fingerprint density at radius 2 is 1.93 bits per heavy atom. The number of carbonyl (C=O) groups excluding carboxylic acids is 1. The molecule has 0 bridgehead atoms. The molecule has 2 aromatic rings. The van der Waals surface area contributed by atoms with Gasteiger partial charge in [0.2, 0.25) is 0 Å². The average molecular weight is 381 g/mol. The number of amides is 2. The standard InChI is InChI=1S/C23H32N4O/c1-17-8-10-19(11-9-17)14-25-23(28)26-12-4-5-20(15-26)16-27-18(2)13-24-22(27)21-6-3-7-21/h8-11,13,20-21H,3-7,12,14-16H2,1-2H3,(H,25,28). The van der Waals surface area contributed by atoms with Gasteiger partial charge in [-0.25, -0.2) is 9.78 Å². The van der Waals surface area contributed by atoms with Crippen LogP contribution in [-0.2, 0) is 13.1 Å². The predicted molar refractivity (Wildman–Crippen MR) is 111 cm³/mol. The molecular formula is C23H32N4O. The Labute approximate surface area is 168 Å². The molecule has 0 spiro atoms. The Morgan fingerprint density at radius 3 is 2.64 bits per heavy atom. The third-order valence-electron chi connectivity index (χ3n) is 6.37. The van der Waals surface area contributed by atoms with E-state index in [0.717, 1.165) is 31.6 Å².